The van der Waals surface area contributed by atoms with E-state index in [4.69, 9.17) is 16.9 Å². The van der Waals surface area contributed by atoms with Gasteiger partial charge in [-0.3, -0.25) is 14.9 Å². The third-order valence-electron chi connectivity index (χ3n) is 6.03. The zero-order valence-corrected chi connectivity index (χ0v) is 20.0. The number of hydrogen-bond donors (Lipinski definition) is 1. The van der Waals surface area contributed by atoms with Crippen LogP contribution in [0.15, 0.2) is 59.4 Å². The first-order valence-corrected chi connectivity index (χ1v) is 11.5. The zero-order chi connectivity index (χ0) is 23.0. The van der Waals surface area contributed by atoms with Gasteiger partial charge >= 0.3 is 0 Å². The van der Waals surface area contributed by atoms with Crippen molar-refractivity contribution in [3.8, 4) is 6.07 Å². The Balaban J connectivity index is 1.43. The second kappa shape index (κ2) is 11.3. The molecule has 1 saturated heterocycles. The van der Waals surface area contributed by atoms with Crippen LogP contribution in [-0.2, 0) is 13.0 Å². The lowest BCUT2D eigenvalue weighted by Gasteiger charge is -2.39. The van der Waals surface area contributed by atoms with Crippen LogP contribution in [0.3, 0.4) is 0 Å². The van der Waals surface area contributed by atoms with Crippen molar-refractivity contribution in [1.82, 2.24) is 15.2 Å². The number of likely N-dealkylation sites (tertiary alicyclic amines) is 1. The number of amidine groups is 1. The van der Waals surface area contributed by atoms with Gasteiger partial charge < -0.3 is 5.32 Å². The Hall–Kier alpha value is -2.68. The molecule has 0 amide bonds. The van der Waals surface area contributed by atoms with Crippen LogP contribution >= 0.6 is 11.6 Å². The molecule has 1 aromatic carbocycles. The van der Waals surface area contributed by atoms with Crippen molar-refractivity contribution in [2.75, 3.05) is 19.6 Å². The summed E-state index contributed by atoms with van der Waals surface area (Å²) in [7, 11) is 0. The SMILES string of the molecule is CC(=NCc1ccc(C#N)cc1)N/C=C(\C)CN1CCC(C)(Cc2cc(Cl)ccn2)CC1. The molecule has 2 aromatic rings. The molecule has 2 heterocycles. The number of hydrogen-bond acceptors (Lipinski definition) is 4. The highest BCUT2D eigenvalue weighted by molar-refractivity contribution is 6.30. The van der Waals surface area contributed by atoms with E-state index in [1.165, 1.54) is 5.57 Å². The van der Waals surface area contributed by atoms with Gasteiger partial charge in [-0.25, -0.2) is 0 Å². The summed E-state index contributed by atoms with van der Waals surface area (Å²) in [6.45, 7) is 10.2. The molecular weight excluding hydrogens is 418 g/mol. The number of aliphatic imine (C=N–C) groups is 1. The fraction of sp³-hybridized carbons (Fsp3) is 0.423. The molecule has 0 spiro atoms. The van der Waals surface area contributed by atoms with Crippen LogP contribution in [0.2, 0.25) is 5.02 Å². The maximum absolute atomic E-state index is 8.88. The number of nitrogens with zero attached hydrogens (tertiary/aromatic N) is 4. The number of halogens is 1. The maximum Gasteiger partial charge on any atom is 0.0991 e. The standard InChI is InChI=1S/C26H32ClN5/c1-20(17-30-21(2)31-18-23-6-4-22(16-28)5-7-23)19-32-12-9-26(3,10-13-32)15-25-14-24(27)8-11-29-25/h4-8,11,14,17H,9-10,12-13,15,18-19H2,1-3H3,(H,30,31)/b20-17+. The average molecular weight is 450 g/mol. The van der Waals surface area contributed by atoms with Crippen LogP contribution in [0, 0.1) is 16.7 Å². The first kappa shape index (κ1) is 24.0. The highest BCUT2D eigenvalue weighted by Crippen LogP contribution is 2.34. The van der Waals surface area contributed by atoms with Gasteiger partial charge in [0.15, 0.2) is 0 Å². The van der Waals surface area contributed by atoms with Crippen molar-refractivity contribution in [3.05, 3.63) is 76.2 Å². The summed E-state index contributed by atoms with van der Waals surface area (Å²) in [4.78, 5) is 11.6. The van der Waals surface area contributed by atoms with Crippen LogP contribution in [-0.4, -0.2) is 35.4 Å². The second-order valence-corrected chi connectivity index (χ2v) is 9.51. The number of nitriles is 1. The summed E-state index contributed by atoms with van der Waals surface area (Å²) >= 11 is 6.12. The molecule has 168 valence electrons. The largest absolute Gasteiger partial charge is 0.351 e. The quantitative estimate of drug-likeness (QED) is 0.456. The molecule has 1 aliphatic heterocycles. The van der Waals surface area contributed by atoms with Gasteiger partial charge in [-0.05, 0) is 87.0 Å². The van der Waals surface area contributed by atoms with E-state index < -0.39 is 0 Å². The van der Waals surface area contributed by atoms with Crippen molar-refractivity contribution in [1.29, 1.82) is 5.26 Å². The Morgan fingerprint density at radius 2 is 1.97 bits per heavy atom. The molecule has 0 unspecified atom stereocenters. The summed E-state index contributed by atoms with van der Waals surface area (Å²) in [5.41, 5.74) is 4.42. The molecule has 0 radical (unpaired) electrons. The first-order valence-electron chi connectivity index (χ1n) is 11.1. The molecule has 0 atom stereocenters. The lowest BCUT2D eigenvalue weighted by atomic mass is 9.76. The topological polar surface area (TPSA) is 64.3 Å². The van der Waals surface area contributed by atoms with E-state index >= 15 is 0 Å². The molecule has 6 heteroatoms. The molecular formula is C26H32ClN5. The normalized spacial score (nSPS) is 17.1. The summed E-state index contributed by atoms with van der Waals surface area (Å²) in [6, 6.07) is 13.5. The molecule has 1 aromatic heterocycles. The molecule has 1 fully saturated rings. The van der Waals surface area contributed by atoms with Crippen molar-refractivity contribution >= 4 is 17.4 Å². The minimum Gasteiger partial charge on any atom is -0.351 e. The number of nitrogens with one attached hydrogen (secondary N) is 1. The zero-order valence-electron chi connectivity index (χ0n) is 19.2. The average Bonchev–Trinajstić information content (AvgIpc) is 2.78. The van der Waals surface area contributed by atoms with Crippen LogP contribution in [0.5, 0.6) is 0 Å². The van der Waals surface area contributed by atoms with E-state index in [9.17, 15) is 0 Å². The predicted molar refractivity (Wildman–Crippen MR) is 132 cm³/mol. The van der Waals surface area contributed by atoms with Crippen molar-refractivity contribution in [2.24, 2.45) is 10.4 Å². The first-order chi connectivity index (χ1) is 15.3. The molecule has 3 rings (SSSR count). The highest BCUT2D eigenvalue weighted by atomic mass is 35.5. The molecule has 1 N–H and O–H groups in total. The summed E-state index contributed by atoms with van der Waals surface area (Å²) in [6.07, 6.45) is 7.15. The molecule has 0 saturated carbocycles. The number of benzene rings is 1. The van der Waals surface area contributed by atoms with Gasteiger partial charge in [-0.15, -0.1) is 0 Å². The van der Waals surface area contributed by atoms with E-state index in [-0.39, 0.29) is 5.41 Å². The molecule has 0 bridgehead atoms. The van der Waals surface area contributed by atoms with E-state index in [2.05, 4.69) is 46.3 Å². The van der Waals surface area contributed by atoms with Gasteiger partial charge in [0.2, 0.25) is 0 Å². The Morgan fingerprint density at radius 1 is 1.25 bits per heavy atom. The fourth-order valence-electron chi connectivity index (χ4n) is 3.98. The van der Waals surface area contributed by atoms with Gasteiger partial charge in [0.05, 0.1) is 24.0 Å². The third kappa shape index (κ3) is 7.47. The van der Waals surface area contributed by atoms with Gasteiger partial charge in [0, 0.05) is 29.7 Å². The fourth-order valence-corrected chi connectivity index (χ4v) is 4.16. The van der Waals surface area contributed by atoms with E-state index in [1.807, 2.05) is 43.3 Å². The summed E-state index contributed by atoms with van der Waals surface area (Å²) in [5.74, 6) is 0.883. The Morgan fingerprint density at radius 3 is 2.62 bits per heavy atom. The number of aromatic nitrogens is 1. The minimum atomic E-state index is 0.277. The number of rotatable bonds is 7. The summed E-state index contributed by atoms with van der Waals surface area (Å²) < 4.78 is 0. The van der Waals surface area contributed by atoms with Crippen molar-refractivity contribution in [3.63, 3.8) is 0 Å². The van der Waals surface area contributed by atoms with E-state index in [0.717, 1.165) is 61.0 Å². The summed E-state index contributed by atoms with van der Waals surface area (Å²) in [5, 5.41) is 12.9. The van der Waals surface area contributed by atoms with E-state index in [1.54, 1.807) is 6.20 Å². The smallest absolute Gasteiger partial charge is 0.0991 e. The number of pyridine rings is 1. The van der Waals surface area contributed by atoms with Crippen LogP contribution in [0.4, 0.5) is 0 Å². The minimum absolute atomic E-state index is 0.277. The lowest BCUT2D eigenvalue weighted by Crippen LogP contribution is -2.40. The predicted octanol–water partition coefficient (Wildman–Crippen LogP) is 5.36. The monoisotopic (exact) mass is 449 g/mol. The maximum atomic E-state index is 8.88. The van der Waals surface area contributed by atoms with Gasteiger partial charge in [-0.1, -0.05) is 30.7 Å². The number of piperidine rings is 1. The Kier molecular flexibility index (Phi) is 8.44. The van der Waals surface area contributed by atoms with Gasteiger partial charge in [-0.2, -0.15) is 5.26 Å². The third-order valence-corrected chi connectivity index (χ3v) is 6.27. The molecule has 32 heavy (non-hydrogen) atoms. The van der Waals surface area contributed by atoms with Crippen LogP contribution in [0.1, 0.15) is 50.4 Å². The van der Waals surface area contributed by atoms with E-state index in [0.29, 0.717) is 12.1 Å². The molecule has 1 aliphatic rings. The van der Waals surface area contributed by atoms with Crippen LogP contribution < -0.4 is 5.32 Å². The highest BCUT2D eigenvalue weighted by Gasteiger charge is 2.30. The lowest BCUT2D eigenvalue weighted by molar-refractivity contribution is 0.125. The molecule has 5 nitrogen and oxygen atoms in total. The second-order valence-electron chi connectivity index (χ2n) is 9.07. The molecule has 0 aliphatic carbocycles. The van der Waals surface area contributed by atoms with Crippen molar-refractivity contribution in [2.45, 2.75) is 46.6 Å². The van der Waals surface area contributed by atoms with Crippen molar-refractivity contribution < 1.29 is 0 Å². The Labute approximate surface area is 196 Å². The van der Waals surface area contributed by atoms with Gasteiger partial charge in [0.25, 0.3) is 0 Å². The Bertz CT molecular complexity index is 996. The van der Waals surface area contributed by atoms with Gasteiger partial charge in [0.1, 0.15) is 0 Å². The van der Waals surface area contributed by atoms with Crippen LogP contribution in [0.25, 0.3) is 0 Å².